The van der Waals surface area contributed by atoms with Gasteiger partial charge in [0.05, 0.1) is 0 Å². The van der Waals surface area contributed by atoms with Gasteiger partial charge >= 0.3 is 0 Å². The van der Waals surface area contributed by atoms with E-state index in [-0.39, 0.29) is 7.43 Å². The Bertz CT molecular complexity index is 442. The molecule has 0 fully saturated rings. The van der Waals surface area contributed by atoms with Crippen molar-refractivity contribution in [3.63, 3.8) is 0 Å². The van der Waals surface area contributed by atoms with Gasteiger partial charge in [-0.15, -0.1) is 0 Å². The molecule has 0 aliphatic rings. The van der Waals surface area contributed by atoms with E-state index < -0.39 is 0 Å². The maximum Gasteiger partial charge on any atom is -0.0181 e. The fraction of sp³-hybridized carbons (Fsp3) is 0.444. The van der Waals surface area contributed by atoms with Gasteiger partial charge in [0, 0.05) is 0 Å². The van der Waals surface area contributed by atoms with Crippen molar-refractivity contribution in [3.8, 4) is 0 Å². The van der Waals surface area contributed by atoms with Crippen molar-refractivity contribution in [1.29, 1.82) is 0 Å². The number of hydrogen-bond acceptors (Lipinski definition) is 0. The summed E-state index contributed by atoms with van der Waals surface area (Å²) in [4.78, 5) is 0. The second kappa shape index (κ2) is 8.74. The second-order valence-corrected chi connectivity index (χ2v) is 4.40. The van der Waals surface area contributed by atoms with E-state index in [1.807, 2.05) is 13.8 Å². The van der Waals surface area contributed by atoms with Gasteiger partial charge < -0.3 is 0 Å². The maximum absolute atomic E-state index is 2.32. The van der Waals surface area contributed by atoms with Crippen molar-refractivity contribution in [2.45, 2.75) is 48.0 Å². The third-order valence-corrected chi connectivity index (χ3v) is 3.09. The Morgan fingerprint density at radius 1 is 0.944 bits per heavy atom. The summed E-state index contributed by atoms with van der Waals surface area (Å²) in [5, 5.41) is 2.70. The standard InChI is InChI=1S/C15H18.C2H6.CH4/c1-3-12(2)10-13-8-9-14-6-4-5-7-15(14)11-13;1-2;/h4-9,11-12H,3,10H2,1-2H3;1-2H3;1H4. The first-order valence-corrected chi connectivity index (χ1v) is 6.77. The fourth-order valence-corrected chi connectivity index (χ4v) is 1.91. The first kappa shape index (κ1) is 16.7. The van der Waals surface area contributed by atoms with Crippen LogP contribution in [0.15, 0.2) is 42.5 Å². The second-order valence-electron chi connectivity index (χ2n) is 4.40. The minimum atomic E-state index is 0. The molecule has 18 heavy (non-hydrogen) atoms. The zero-order chi connectivity index (χ0) is 12.7. The van der Waals surface area contributed by atoms with E-state index in [0.717, 1.165) is 5.92 Å². The first-order valence-electron chi connectivity index (χ1n) is 6.77. The molecule has 0 nitrogen and oxygen atoms in total. The molecule has 0 heteroatoms. The summed E-state index contributed by atoms with van der Waals surface area (Å²) in [6.45, 7) is 8.57. The van der Waals surface area contributed by atoms with Crippen LogP contribution in [-0.2, 0) is 6.42 Å². The lowest BCUT2D eigenvalue weighted by Gasteiger charge is -2.09. The number of hydrogen-bond donors (Lipinski definition) is 0. The van der Waals surface area contributed by atoms with Crippen LogP contribution in [0.3, 0.4) is 0 Å². The van der Waals surface area contributed by atoms with Gasteiger partial charge in [-0.1, -0.05) is 84.0 Å². The van der Waals surface area contributed by atoms with Crippen LogP contribution in [0, 0.1) is 5.92 Å². The molecular weight excluding hydrogens is 216 g/mol. The minimum absolute atomic E-state index is 0. The maximum atomic E-state index is 2.32. The molecule has 0 bridgehead atoms. The van der Waals surface area contributed by atoms with E-state index in [2.05, 4.69) is 56.3 Å². The Morgan fingerprint density at radius 2 is 1.56 bits per heavy atom. The van der Waals surface area contributed by atoms with Crippen molar-refractivity contribution in [3.05, 3.63) is 48.0 Å². The lowest BCUT2D eigenvalue weighted by atomic mass is 9.97. The predicted molar refractivity (Wildman–Crippen MR) is 85.2 cm³/mol. The highest BCUT2D eigenvalue weighted by molar-refractivity contribution is 5.82. The number of fused-ring (bicyclic) bond motifs is 1. The Hall–Kier alpha value is -1.30. The highest BCUT2D eigenvalue weighted by Gasteiger charge is 2.01. The summed E-state index contributed by atoms with van der Waals surface area (Å²) in [7, 11) is 0. The molecule has 0 amide bonds. The summed E-state index contributed by atoms with van der Waals surface area (Å²) in [6.07, 6.45) is 2.45. The van der Waals surface area contributed by atoms with Crippen molar-refractivity contribution in [2.24, 2.45) is 5.92 Å². The van der Waals surface area contributed by atoms with Gasteiger partial charge in [-0.3, -0.25) is 0 Å². The molecule has 0 aliphatic heterocycles. The number of benzene rings is 2. The summed E-state index contributed by atoms with van der Waals surface area (Å²) in [5.41, 5.74) is 1.46. The van der Waals surface area contributed by atoms with E-state index in [9.17, 15) is 0 Å². The number of rotatable bonds is 3. The summed E-state index contributed by atoms with van der Waals surface area (Å²) in [6, 6.07) is 15.4. The summed E-state index contributed by atoms with van der Waals surface area (Å²) >= 11 is 0. The van der Waals surface area contributed by atoms with E-state index in [0.29, 0.717) is 0 Å². The fourth-order valence-electron chi connectivity index (χ4n) is 1.91. The molecule has 0 N–H and O–H groups in total. The van der Waals surface area contributed by atoms with Crippen LogP contribution in [0.2, 0.25) is 0 Å². The van der Waals surface area contributed by atoms with Gasteiger partial charge in [0.25, 0.3) is 0 Å². The molecule has 0 saturated heterocycles. The topological polar surface area (TPSA) is 0 Å². The summed E-state index contributed by atoms with van der Waals surface area (Å²) < 4.78 is 0. The van der Waals surface area contributed by atoms with Gasteiger partial charge in [-0.2, -0.15) is 0 Å². The molecular formula is C18H28. The van der Waals surface area contributed by atoms with Crippen LogP contribution < -0.4 is 0 Å². The monoisotopic (exact) mass is 244 g/mol. The molecule has 2 aromatic carbocycles. The van der Waals surface area contributed by atoms with Gasteiger partial charge in [-0.05, 0) is 28.7 Å². The summed E-state index contributed by atoms with van der Waals surface area (Å²) in [5.74, 6) is 0.783. The minimum Gasteiger partial charge on any atom is -0.0776 e. The average Bonchev–Trinajstić information content (AvgIpc) is 2.41. The first-order chi connectivity index (χ1) is 8.29. The van der Waals surface area contributed by atoms with Gasteiger partial charge in [0.15, 0.2) is 0 Å². The van der Waals surface area contributed by atoms with E-state index in [4.69, 9.17) is 0 Å². The van der Waals surface area contributed by atoms with E-state index >= 15 is 0 Å². The molecule has 2 aromatic rings. The van der Waals surface area contributed by atoms with Crippen LogP contribution in [0.1, 0.15) is 47.1 Å². The average molecular weight is 244 g/mol. The lowest BCUT2D eigenvalue weighted by Crippen LogP contribution is -1.97. The van der Waals surface area contributed by atoms with Crippen LogP contribution in [0.4, 0.5) is 0 Å². The van der Waals surface area contributed by atoms with Crippen molar-refractivity contribution in [1.82, 2.24) is 0 Å². The van der Waals surface area contributed by atoms with E-state index in [1.54, 1.807) is 0 Å². The molecule has 0 aliphatic carbocycles. The van der Waals surface area contributed by atoms with Crippen LogP contribution in [-0.4, -0.2) is 0 Å². The molecule has 2 rings (SSSR count). The third kappa shape index (κ3) is 4.52. The van der Waals surface area contributed by atoms with Crippen molar-refractivity contribution >= 4 is 10.8 Å². The smallest absolute Gasteiger partial charge is 0.0181 e. The molecule has 0 heterocycles. The van der Waals surface area contributed by atoms with Crippen LogP contribution in [0.5, 0.6) is 0 Å². The Balaban J connectivity index is 0.000000917. The largest absolute Gasteiger partial charge is 0.0776 e. The molecule has 0 radical (unpaired) electrons. The van der Waals surface area contributed by atoms with Crippen molar-refractivity contribution in [2.75, 3.05) is 0 Å². The zero-order valence-electron chi connectivity index (χ0n) is 11.5. The highest BCUT2D eigenvalue weighted by Crippen LogP contribution is 2.18. The Kier molecular flexibility index (Phi) is 8.11. The van der Waals surface area contributed by atoms with E-state index in [1.165, 1.54) is 29.2 Å². The normalized spacial score (nSPS) is 11.1. The lowest BCUT2D eigenvalue weighted by molar-refractivity contribution is 0.560. The quantitative estimate of drug-likeness (QED) is 0.612. The Morgan fingerprint density at radius 3 is 2.17 bits per heavy atom. The predicted octanol–water partition coefficient (Wildman–Crippen LogP) is 6.09. The molecule has 0 spiro atoms. The molecule has 0 aromatic heterocycles. The highest BCUT2D eigenvalue weighted by atomic mass is 14.1. The van der Waals surface area contributed by atoms with Crippen molar-refractivity contribution < 1.29 is 0 Å². The molecule has 100 valence electrons. The zero-order valence-corrected chi connectivity index (χ0v) is 11.5. The van der Waals surface area contributed by atoms with Gasteiger partial charge in [0.1, 0.15) is 0 Å². The SMILES string of the molecule is C.CC.CCC(C)Cc1ccc2ccccc2c1. The van der Waals surface area contributed by atoms with Crippen LogP contribution in [0.25, 0.3) is 10.8 Å². The van der Waals surface area contributed by atoms with Gasteiger partial charge in [-0.25, -0.2) is 0 Å². The van der Waals surface area contributed by atoms with Gasteiger partial charge in [0.2, 0.25) is 0 Å². The molecule has 0 saturated carbocycles. The third-order valence-electron chi connectivity index (χ3n) is 3.09. The Labute approximate surface area is 113 Å². The molecule has 1 atom stereocenters. The molecule has 1 unspecified atom stereocenters. The van der Waals surface area contributed by atoms with Crippen LogP contribution >= 0.6 is 0 Å².